The molecule has 10 nitrogen and oxygen atoms in total. The minimum Gasteiger partial charge on any atom is -1.00 e. The molecule has 1 saturated carbocycles. The average molecular weight is 746 g/mol. The molecule has 1 saturated heterocycles. The molecule has 11 heteroatoms. The van der Waals surface area contributed by atoms with Crippen LogP contribution in [0, 0.1) is 29.6 Å². The number of allylic oxidation sites excluding steroid dienone is 3. The Kier molecular flexibility index (Phi) is 11.5. The van der Waals surface area contributed by atoms with Crippen LogP contribution in [0.4, 0.5) is 0 Å². The number of aliphatic hydroxyl groups is 1. The van der Waals surface area contributed by atoms with Crippen LogP contribution in [0.5, 0.6) is 0 Å². The number of carbonyl (C=O) groups excluding carboxylic acids is 3. The van der Waals surface area contributed by atoms with Gasteiger partial charge in [0.05, 0.1) is 11.7 Å². The number of aliphatic hydroxyl groups excluding tert-OH is 1. The molecule has 2 aromatic rings. The molecule has 7 rings (SSSR count). The third kappa shape index (κ3) is 7.14. The molecule has 2 aliphatic heterocycles. The maximum absolute atomic E-state index is 13.8. The maximum atomic E-state index is 13.8. The SMILES string of the molecule is CO[C@H]1CC2C=C[C@H]3[C@H]4O[C@]2(/C(C)=C/[C@@H](C)[C@@H]([C@@H](C)OC(=O)c2cccc(C[n+]5ccccc5)c2)OC1=O)[C@@H]3[C@H](O)[C@@H](C)[C@H]4OC(=O)C1=CC=CC1.[Cl-]. The van der Waals surface area contributed by atoms with Crippen molar-refractivity contribution in [3.63, 3.8) is 0 Å². The van der Waals surface area contributed by atoms with E-state index < -0.39 is 72.0 Å². The average Bonchev–Trinajstić information content (AvgIpc) is 3.74. The summed E-state index contributed by atoms with van der Waals surface area (Å²) in [6, 6.07) is 13.1. The third-order valence-electron chi connectivity index (χ3n) is 11.7. The zero-order valence-electron chi connectivity index (χ0n) is 30.7. The lowest BCUT2D eigenvalue weighted by Gasteiger charge is -2.49. The summed E-state index contributed by atoms with van der Waals surface area (Å²) in [4.78, 5) is 40.5. The van der Waals surface area contributed by atoms with Crippen molar-refractivity contribution in [3.8, 4) is 0 Å². The van der Waals surface area contributed by atoms with Gasteiger partial charge in [-0.2, -0.15) is 0 Å². The van der Waals surface area contributed by atoms with E-state index in [2.05, 4.69) is 12.2 Å². The molecule has 282 valence electrons. The fraction of sp³-hybridized carbons (Fsp3) is 0.476. The van der Waals surface area contributed by atoms with Gasteiger partial charge < -0.3 is 41.2 Å². The van der Waals surface area contributed by atoms with Crippen LogP contribution in [0.1, 0.15) is 56.5 Å². The second-order valence-electron chi connectivity index (χ2n) is 14.9. The summed E-state index contributed by atoms with van der Waals surface area (Å²) in [5.74, 6) is -3.21. The zero-order chi connectivity index (χ0) is 36.7. The third-order valence-corrected chi connectivity index (χ3v) is 11.7. The van der Waals surface area contributed by atoms with Crippen molar-refractivity contribution in [2.75, 3.05) is 7.11 Å². The van der Waals surface area contributed by atoms with Gasteiger partial charge in [0.25, 0.3) is 0 Å². The van der Waals surface area contributed by atoms with E-state index in [1.165, 1.54) is 7.11 Å². The molecule has 1 spiro atoms. The molecule has 2 fully saturated rings. The number of halogens is 1. The molecule has 1 aromatic heterocycles. The highest BCUT2D eigenvalue weighted by Crippen LogP contribution is 2.61. The molecule has 1 N–H and O–H groups in total. The normalized spacial score (nSPS) is 35.8. The first-order chi connectivity index (χ1) is 25.0. The molecule has 53 heavy (non-hydrogen) atoms. The van der Waals surface area contributed by atoms with Crippen molar-refractivity contribution in [2.24, 2.45) is 29.6 Å². The van der Waals surface area contributed by atoms with Crippen LogP contribution < -0.4 is 17.0 Å². The molecule has 3 aliphatic carbocycles. The number of hydrogen-bond donors (Lipinski definition) is 1. The van der Waals surface area contributed by atoms with Crippen molar-refractivity contribution >= 4 is 17.9 Å². The van der Waals surface area contributed by atoms with Crippen LogP contribution in [-0.2, 0) is 39.8 Å². The number of pyridine rings is 1. The van der Waals surface area contributed by atoms with Crippen LogP contribution in [-0.4, -0.2) is 72.3 Å². The number of hydrogen-bond acceptors (Lipinski definition) is 9. The van der Waals surface area contributed by atoms with Crippen molar-refractivity contribution in [2.45, 2.75) is 89.3 Å². The van der Waals surface area contributed by atoms with Crippen LogP contribution >= 0.6 is 0 Å². The number of aromatic nitrogens is 1. The molecular weight excluding hydrogens is 698 g/mol. The van der Waals surface area contributed by atoms with Crippen molar-refractivity contribution in [3.05, 3.63) is 114 Å². The Bertz CT molecular complexity index is 1820. The van der Waals surface area contributed by atoms with Gasteiger partial charge in [0.2, 0.25) is 0 Å². The monoisotopic (exact) mass is 745 g/mol. The van der Waals surface area contributed by atoms with Gasteiger partial charge in [-0.15, -0.1) is 0 Å². The van der Waals surface area contributed by atoms with E-state index in [1.54, 1.807) is 19.1 Å². The Balaban J connectivity index is 0.00000481. The Hall–Kier alpha value is -4.09. The first-order valence-electron chi connectivity index (χ1n) is 18.3. The molecule has 3 heterocycles. The van der Waals surface area contributed by atoms with E-state index in [9.17, 15) is 19.5 Å². The first-order valence-corrected chi connectivity index (χ1v) is 18.3. The van der Waals surface area contributed by atoms with Gasteiger partial charge in [-0.1, -0.05) is 68.5 Å². The largest absolute Gasteiger partial charge is 1.00 e. The Morgan fingerprint density at radius 3 is 2.58 bits per heavy atom. The lowest BCUT2D eigenvalue weighted by atomic mass is 9.57. The fourth-order valence-corrected chi connectivity index (χ4v) is 9.13. The lowest BCUT2D eigenvalue weighted by molar-refractivity contribution is -0.688. The molecule has 1 aromatic carbocycles. The van der Waals surface area contributed by atoms with E-state index in [-0.39, 0.29) is 36.6 Å². The molecule has 12 atom stereocenters. The second-order valence-corrected chi connectivity index (χ2v) is 14.9. The maximum Gasteiger partial charge on any atom is 0.338 e. The van der Waals surface area contributed by atoms with Gasteiger partial charge in [0.1, 0.15) is 30.0 Å². The van der Waals surface area contributed by atoms with Crippen molar-refractivity contribution < 1.29 is 60.1 Å². The summed E-state index contributed by atoms with van der Waals surface area (Å²) in [7, 11) is 1.47. The number of esters is 3. The number of carbonyl (C=O) groups is 3. The minimum absolute atomic E-state index is 0. The molecular formula is C42H48ClNO9. The molecule has 0 radical (unpaired) electrons. The quantitative estimate of drug-likeness (QED) is 0.187. The van der Waals surface area contributed by atoms with Crippen LogP contribution in [0.15, 0.2) is 102 Å². The zero-order valence-corrected chi connectivity index (χ0v) is 31.4. The fourth-order valence-electron chi connectivity index (χ4n) is 9.13. The number of nitrogens with zero attached hydrogens (tertiary/aromatic N) is 1. The Labute approximate surface area is 316 Å². The predicted molar refractivity (Wildman–Crippen MR) is 189 cm³/mol. The van der Waals surface area contributed by atoms with Gasteiger partial charge in [-0.3, -0.25) is 0 Å². The van der Waals surface area contributed by atoms with Crippen molar-refractivity contribution in [1.29, 1.82) is 0 Å². The van der Waals surface area contributed by atoms with E-state index in [1.807, 2.05) is 92.4 Å². The topological polar surface area (TPSA) is 121 Å². The number of methoxy groups -OCH3 is 1. The Morgan fingerprint density at radius 1 is 1.09 bits per heavy atom. The summed E-state index contributed by atoms with van der Waals surface area (Å²) in [6.07, 6.45) is 11.7. The van der Waals surface area contributed by atoms with Gasteiger partial charge >= 0.3 is 17.9 Å². The summed E-state index contributed by atoms with van der Waals surface area (Å²) in [5.41, 5.74) is 1.77. The van der Waals surface area contributed by atoms with E-state index in [0.29, 0.717) is 24.1 Å². The standard InChI is InChI=1S/C42H48NO9.ClH/c1-24-20-25(2)42-31(16-17-32-34(42)35(44)26(3)37(38(32)52-42)51-39(45)29-13-7-8-14-29)22-33(48-5)41(47)50-36(24)27(4)49-40(46)30-15-11-12-28(21-30)23-43-18-9-6-10-19-43;/h6-13,15-21,24,26-27,31-38,44H,14,22-23H2,1-5H3;1H/q+1;/p-1/b25-20+;/t24-,26-,27-,31?,32-,33+,34+,35-,36+,37-,38-,42+;/m1./s1. The summed E-state index contributed by atoms with van der Waals surface area (Å²) in [6.45, 7) is 8.13. The molecule has 5 aliphatic rings. The first kappa shape index (κ1) is 38.6. The summed E-state index contributed by atoms with van der Waals surface area (Å²) < 4.78 is 33.1. The van der Waals surface area contributed by atoms with Gasteiger partial charge in [-0.05, 0) is 44.4 Å². The van der Waals surface area contributed by atoms with E-state index in [4.69, 9.17) is 23.7 Å². The highest BCUT2D eigenvalue weighted by atomic mass is 35.5. The molecule has 0 amide bonds. The van der Waals surface area contributed by atoms with Crippen molar-refractivity contribution in [1.82, 2.24) is 0 Å². The summed E-state index contributed by atoms with van der Waals surface area (Å²) in [5, 5.41) is 12.0. The van der Waals surface area contributed by atoms with E-state index >= 15 is 0 Å². The van der Waals surface area contributed by atoms with Crippen LogP contribution in [0.2, 0.25) is 0 Å². The number of ether oxygens (including phenoxy) is 5. The molecule has 1 unspecified atom stereocenters. The van der Waals surface area contributed by atoms with Crippen LogP contribution in [0.25, 0.3) is 0 Å². The Morgan fingerprint density at radius 2 is 1.87 bits per heavy atom. The highest BCUT2D eigenvalue weighted by molar-refractivity contribution is 5.90. The second kappa shape index (κ2) is 15.7. The van der Waals surface area contributed by atoms with E-state index in [0.717, 1.165) is 11.1 Å². The number of benzene rings is 1. The van der Waals surface area contributed by atoms with Gasteiger partial charge in [-0.25, -0.2) is 19.0 Å². The lowest BCUT2D eigenvalue weighted by Crippen LogP contribution is -3.00. The number of rotatable bonds is 8. The summed E-state index contributed by atoms with van der Waals surface area (Å²) >= 11 is 0. The predicted octanol–water partition coefficient (Wildman–Crippen LogP) is 1.85. The smallest absolute Gasteiger partial charge is 0.338 e. The highest BCUT2D eigenvalue weighted by Gasteiger charge is 2.69. The molecule has 4 bridgehead atoms. The van der Waals surface area contributed by atoms with Gasteiger partial charge in [0.15, 0.2) is 25.0 Å². The number of cyclic esters (lactones) is 1. The minimum atomic E-state index is -1.00. The van der Waals surface area contributed by atoms with Crippen LogP contribution in [0.3, 0.4) is 0 Å². The van der Waals surface area contributed by atoms with Gasteiger partial charge in [0, 0.05) is 60.0 Å².